The van der Waals surface area contributed by atoms with Crippen LogP contribution in [-0.2, 0) is 11.3 Å². The van der Waals surface area contributed by atoms with Crippen LogP contribution >= 0.6 is 0 Å². The number of carbonyl (C=O) groups is 2. The number of pyridine rings is 1. The molecule has 0 aliphatic rings. The summed E-state index contributed by atoms with van der Waals surface area (Å²) in [4.78, 5) is 32.1. The SMILES string of the molecule is CCN(Cc1ccc(N(C)C)cc1)C(=O)c1cccc(C(=O)OC)n1. The summed E-state index contributed by atoms with van der Waals surface area (Å²) in [5.74, 6) is -0.776. The molecular formula is C19H23N3O3. The Morgan fingerprint density at radius 1 is 1.04 bits per heavy atom. The fourth-order valence-electron chi connectivity index (χ4n) is 2.38. The quantitative estimate of drug-likeness (QED) is 0.756. The summed E-state index contributed by atoms with van der Waals surface area (Å²) in [5.41, 5.74) is 2.49. The largest absolute Gasteiger partial charge is 0.464 e. The van der Waals surface area contributed by atoms with Crippen LogP contribution in [0.3, 0.4) is 0 Å². The highest BCUT2D eigenvalue weighted by Crippen LogP contribution is 2.15. The minimum Gasteiger partial charge on any atom is -0.464 e. The molecule has 2 aromatic rings. The molecule has 2 rings (SSSR count). The summed E-state index contributed by atoms with van der Waals surface area (Å²) in [7, 11) is 5.25. The predicted molar refractivity (Wildman–Crippen MR) is 96.8 cm³/mol. The Hall–Kier alpha value is -2.89. The van der Waals surface area contributed by atoms with Crippen LogP contribution in [0.25, 0.3) is 0 Å². The van der Waals surface area contributed by atoms with E-state index in [1.165, 1.54) is 13.2 Å². The molecule has 0 bridgehead atoms. The molecule has 1 aromatic carbocycles. The van der Waals surface area contributed by atoms with Gasteiger partial charge in [-0.2, -0.15) is 0 Å². The van der Waals surface area contributed by atoms with Crippen molar-refractivity contribution in [1.82, 2.24) is 9.88 Å². The van der Waals surface area contributed by atoms with Crippen molar-refractivity contribution in [3.63, 3.8) is 0 Å². The highest BCUT2D eigenvalue weighted by molar-refractivity contribution is 5.94. The first-order chi connectivity index (χ1) is 12.0. The van der Waals surface area contributed by atoms with Crippen molar-refractivity contribution >= 4 is 17.6 Å². The van der Waals surface area contributed by atoms with Crippen molar-refractivity contribution in [2.75, 3.05) is 32.6 Å². The van der Waals surface area contributed by atoms with Gasteiger partial charge >= 0.3 is 5.97 Å². The zero-order valence-electron chi connectivity index (χ0n) is 15.0. The third-order valence-electron chi connectivity index (χ3n) is 3.86. The number of rotatable bonds is 6. The Morgan fingerprint density at radius 3 is 2.24 bits per heavy atom. The van der Waals surface area contributed by atoms with E-state index in [4.69, 9.17) is 0 Å². The number of anilines is 1. The summed E-state index contributed by atoms with van der Waals surface area (Å²) in [6, 6.07) is 12.8. The van der Waals surface area contributed by atoms with Crippen LogP contribution in [0, 0.1) is 0 Å². The fourth-order valence-corrected chi connectivity index (χ4v) is 2.38. The van der Waals surface area contributed by atoms with E-state index in [0.29, 0.717) is 13.1 Å². The molecule has 1 aromatic heterocycles. The molecule has 0 aliphatic carbocycles. The van der Waals surface area contributed by atoms with Crippen molar-refractivity contribution in [2.24, 2.45) is 0 Å². The number of amides is 1. The molecule has 132 valence electrons. The topological polar surface area (TPSA) is 62.7 Å². The Bertz CT molecular complexity index is 742. The van der Waals surface area contributed by atoms with Crippen LogP contribution in [0.5, 0.6) is 0 Å². The second kappa shape index (κ2) is 8.28. The van der Waals surface area contributed by atoms with Crippen LogP contribution < -0.4 is 4.90 Å². The minimum absolute atomic E-state index is 0.125. The second-order valence-corrected chi connectivity index (χ2v) is 5.78. The Morgan fingerprint density at radius 2 is 1.68 bits per heavy atom. The molecule has 0 N–H and O–H groups in total. The third kappa shape index (κ3) is 4.56. The maximum absolute atomic E-state index is 12.7. The van der Waals surface area contributed by atoms with E-state index in [1.807, 2.05) is 50.2 Å². The normalized spacial score (nSPS) is 10.2. The van der Waals surface area contributed by atoms with Crippen LogP contribution in [0.2, 0.25) is 0 Å². The van der Waals surface area contributed by atoms with E-state index < -0.39 is 5.97 Å². The Kier molecular flexibility index (Phi) is 6.11. The van der Waals surface area contributed by atoms with Crippen LogP contribution in [0.4, 0.5) is 5.69 Å². The maximum Gasteiger partial charge on any atom is 0.356 e. The van der Waals surface area contributed by atoms with Gasteiger partial charge in [-0.15, -0.1) is 0 Å². The summed E-state index contributed by atoms with van der Waals surface area (Å²) in [5, 5.41) is 0. The number of carbonyl (C=O) groups excluding carboxylic acids is 2. The lowest BCUT2D eigenvalue weighted by atomic mass is 10.1. The third-order valence-corrected chi connectivity index (χ3v) is 3.86. The lowest BCUT2D eigenvalue weighted by Gasteiger charge is -2.21. The molecule has 1 amide bonds. The van der Waals surface area contributed by atoms with E-state index in [9.17, 15) is 9.59 Å². The van der Waals surface area contributed by atoms with E-state index in [2.05, 4.69) is 9.72 Å². The molecule has 0 saturated carbocycles. The van der Waals surface area contributed by atoms with Crippen molar-refractivity contribution in [3.8, 4) is 0 Å². The van der Waals surface area contributed by atoms with Crippen molar-refractivity contribution in [3.05, 3.63) is 59.4 Å². The van der Waals surface area contributed by atoms with Gasteiger partial charge in [0.2, 0.25) is 0 Å². The minimum atomic E-state index is -0.558. The molecule has 25 heavy (non-hydrogen) atoms. The Balaban J connectivity index is 2.17. The van der Waals surface area contributed by atoms with E-state index in [-0.39, 0.29) is 17.3 Å². The molecule has 1 heterocycles. The molecule has 0 fully saturated rings. The number of methoxy groups -OCH3 is 1. The van der Waals surface area contributed by atoms with E-state index in [1.54, 1.807) is 17.0 Å². The average molecular weight is 341 g/mol. The number of hydrogen-bond acceptors (Lipinski definition) is 5. The molecule has 0 atom stereocenters. The van der Waals surface area contributed by atoms with Crippen LogP contribution in [0.1, 0.15) is 33.5 Å². The van der Waals surface area contributed by atoms with Crippen LogP contribution in [0.15, 0.2) is 42.5 Å². The zero-order chi connectivity index (χ0) is 18.4. The predicted octanol–water partition coefficient (Wildman–Crippen LogP) is 2.60. The Labute approximate surface area is 148 Å². The zero-order valence-corrected chi connectivity index (χ0v) is 15.0. The maximum atomic E-state index is 12.7. The van der Waals surface area contributed by atoms with E-state index in [0.717, 1.165) is 11.3 Å². The summed E-state index contributed by atoms with van der Waals surface area (Å²) in [6.45, 7) is 2.93. The number of esters is 1. The average Bonchev–Trinajstić information content (AvgIpc) is 2.65. The molecule has 0 saturated heterocycles. The number of hydrogen-bond donors (Lipinski definition) is 0. The lowest BCUT2D eigenvalue weighted by Crippen LogP contribution is -2.31. The van der Waals surface area contributed by atoms with Gasteiger partial charge in [0, 0.05) is 32.9 Å². The molecular weight excluding hydrogens is 318 g/mol. The molecule has 0 aliphatic heterocycles. The van der Waals surface area contributed by atoms with Gasteiger partial charge in [0.1, 0.15) is 11.4 Å². The second-order valence-electron chi connectivity index (χ2n) is 5.78. The first-order valence-corrected chi connectivity index (χ1v) is 8.07. The highest BCUT2D eigenvalue weighted by atomic mass is 16.5. The molecule has 0 radical (unpaired) electrons. The van der Waals surface area contributed by atoms with Gasteiger partial charge in [0.25, 0.3) is 5.91 Å². The van der Waals surface area contributed by atoms with E-state index >= 15 is 0 Å². The number of aromatic nitrogens is 1. The van der Waals surface area contributed by atoms with Gasteiger partial charge < -0.3 is 14.5 Å². The van der Waals surface area contributed by atoms with Crippen molar-refractivity contribution < 1.29 is 14.3 Å². The number of benzene rings is 1. The monoisotopic (exact) mass is 341 g/mol. The van der Waals surface area contributed by atoms with Gasteiger partial charge in [0.05, 0.1) is 7.11 Å². The van der Waals surface area contributed by atoms with Crippen molar-refractivity contribution in [1.29, 1.82) is 0 Å². The smallest absolute Gasteiger partial charge is 0.356 e. The van der Waals surface area contributed by atoms with Gasteiger partial charge in [0.15, 0.2) is 0 Å². The highest BCUT2D eigenvalue weighted by Gasteiger charge is 2.18. The first kappa shape index (κ1) is 18.4. The lowest BCUT2D eigenvalue weighted by molar-refractivity contribution is 0.0593. The molecule has 6 nitrogen and oxygen atoms in total. The molecule has 0 spiro atoms. The van der Waals surface area contributed by atoms with Gasteiger partial charge in [-0.1, -0.05) is 18.2 Å². The number of nitrogens with zero attached hydrogens (tertiary/aromatic N) is 3. The summed E-state index contributed by atoms with van der Waals surface area (Å²) < 4.78 is 4.65. The van der Waals surface area contributed by atoms with Gasteiger partial charge in [-0.3, -0.25) is 4.79 Å². The standard InChI is InChI=1S/C19H23N3O3/c1-5-22(13-14-9-11-15(12-10-14)21(2)3)18(23)16-7-6-8-17(20-16)19(24)25-4/h6-12H,5,13H2,1-4H3. The van der Waals surface area contributed by atoms with Crippen LogP contribution in [-0.4, -0.2) is 49.5 Å². The fraction of sp³-hybridized carbons (Fsp3) is 0.316. The van der Waals surface area contributed by atoms with Crippen molar-refractivity contribution in [2.45, 2.75) is 13.5 Å². The van der Waals surface area contributed by atoms with Gasteiger partial charge in [-0.25, -0.2) is 9.78 Å². The molecule has 0 unspecified atom stereocenters. The summed E-state index contributed by atoms with van der Waals surface area (Å²) >= 11 is 0. The number of ether oxygens (including phenoxy) is 1. The summed E-state index contributed by atoms with van der Waals surface area (Å²) in [6.07, 6.45) is 0. The first-order valence-electron chi connectivity index (χ1n) is 8.07. The molecule has 6 heteroatoms. The van der Waals surface area contributed by atoms with Gasteiger partial charge in [-0.05, 0) is 36.8 Å².